The van der Waals surface area contributed by atoms with Crippen LogP contribution in [0, 0.1) is 0 Å². The van der Waals surface area contributed by atoms with Crippen LogP contribution < -0.4 is 4.74 Å². The molecular weight excluding hydrogens is 398 g/mol. The molecule has 26 heavy (non-hydrogen) atoms. The molecule has 9 heteroatoms. The summed E-state index contributed by atoms with van der Waals surface area (Å²) in [6.45, 7) is 0.795. The van der Waals surface area contributed by atoms with Gasteiger partial charge in [0.2, 0.25) is 10.0 Å². The zero-order valence-corrected chi connectivity index (χ0v) is 16.6. The highest BCUT2D eigenvalue weighted by Gasteiger charge is 2.16. The SMILES string of the molecule is CS(=O)(=O)N(CCCc1ccc(C(=O)O)s1)CCOc1cccc(Cl)c1. The largest absolute Gasteiger partial charge is 0.492 e. The van der Waals surface area contributed by atoms with Gasteiger partial charge < -0.3 is 9.84 Å². The number of aryl methyl sites for hydroxylation is 1. The fourth-order valence-corrected chi connectivity index (χ4v) is 4.26. The van der Waals surface area contributed by atoms with E-state index in [1.807, 2.05) is 0 Å². The van der Waals surface area contributed by atoms with Crippen molar-refractivity contribution in [3.8, 4) is 5.75 Å². The second-order valence-corrected chi connectivity index (χ2v) is 9.23. The van der Waals surface area contributed by atoms with Crippen LogP contribution in [0.2, 0.25) is 5.02 Å². The summed E-state index contributed by atoms with van der Waals surface area (Å²) in [6, 6.07) is 10.3. The number of hydrogen-bond donors (Lipinski definition) is 1. The minimum absolute atomic E-state index is 0.218. The Morgan fingerprint density at radius 1 is 1.27 bits per heavy atom. The lowest BCUT2D eigenvalue weighted by molar-refractivity contribution is 0.0702. The van der Waals surface area contributed by atoms with Gasteiger partial charge in [0.25, 0.3) is 0 Å². The predicted molar refractivity (Wildman–Crippen MR) is 103 cm³/mol. The zero-order valence-electron chi connectivity index (χ0n) is 14.2. The maximum absolute atomic E-state index is 11.9. The first kappa shape index (κ1) is 20.7. The van der Waals surface area contributed by atoms with E-state index < -0.39 is 16.0 Å². The molecule has 0 atom stereocenters. The van der Waals surface area contributed by atoms with Crippen molar-refractivity contribution < 1.29 is 23.1 Å². The quantitative estimate of drug-likeness (QED) is 0.640. The molecule has 142 valence electrons. The Hall–Kier alpha value is -1.61. The van der Waals surface area contributed by atoms with E-state index in [4.69, 9.17) is 21.4 Å². The lowest BCUT2D eigenvalue weighted by atomic mass is 10.2. The number of aromatic carboxylic acids is 1. The lowest BCUT2D eigenvalue weighted by Crippen LogP contribution is -2.34. The van der Waals surface area contributed by atoms with E-state index in [1.54, 1.807) is 36.4 Å². The van der Waals surface area contributed by atoms with Gasteiger partial charge in [-0.15, -0.1) is 11.3 Å². The standard InChI is InChI=1S/C17H20ClNO5S2/c1-26(22,23)19(10-11-24-14-5-2-4-13(18)12-14)9-3-6-15-7-8-16(25-15)17(20)21/h2,4-5,7-8,12H,3,6,9-11H2,1H3,(H,20,21). The van der Waals surface area contributed by atoms with Gasteiger partial charge in [-0.2, -0.15) is 4.31 Å². The van der Waals surface area contributed by atoms with E-state index in [0.717, 1.165) is 4.88 Å². The zero-order chi connectivity index (χ0) is 19.2. The molecule has 1 aromatic carbocycles. The molecule has 1 N–H and O–H groups in total. The molecule has 6 nitrogen and oxygen atoms in total. The molecule has 0 aliphatic carbocycles. The second-order valence-electron chi connectivity index (χ2n) is 5.64. The average molecular weight is 418 g/mol. The van der Waals surface area contributed by atoms with Crippen LogP contribution in [0.25, 0.3) is 0 Å². The first-order chi connectivity index (χ1) is 12.3. The highest BCUT2D eigenvalue weighted by Crippen LogP contribution is 2.19. The summed E-state index contributed by atoms with van der Waals surface area (Å²) in [5.41, 5.74) is 0. The van der Waals surface area contributed by atoms with Crippen molar-refractivity contribution in [2.75, 3.05) is 26.0 Å². The number of nitrogens with zero attached hydrogens (tertiary/aromatic N) is 1. The van der Waals surface area contributed by atoms with Crippen LogP contribution in [0.4, 0.5) is 0 Å². The first-order valence-electron chi connectivity index (χ1n) is 7.91. The lowest BCUT2D eigenvalue weighted by Gasteiger charge is -2.20. The molecule has 0 unspecified atom stereocenters. The van der Waals surface area contributed by atoms with Crippen molar-refractivity contribution in [1.82, 2.24) is 4.31 Å². The fraction of sp³-hybridized carbons (Fsp3) is 0.353. The van der Waals surface area contributed by atoms with Crippen molar-refractivity contribution in [3.63, 3.8) is 0 Å². The second kappa shape index (κ2) is 9.36. The highest BCUT2D eigenvalue weighted by atomic mass is 35.5. The topological polar surface area (TPSA) is 83.9 Å². The van der Waals surface area contributed by atoms with Crippen LogP contribution in [0.1, 0.15) is 21.0 Å². The van der Waals surface area contributed by atoms with E-state index in [2.05, 4.69) is 0 Å². The monoisotopic (exact) mass is 417 g/mol. The summed E-state index contributed by atoms with van der Waals surface area (Å²) in [4.78, 5) is 12.1. The third kappa shape index (κ3) is 6.60. The Labute approximate surface area is 162 Å². The van der Waals surface area contributed by atoms with E-state index in [9.17, 15) is 13.2 Å². The molecule has 0 spiro atoms. The molecule has 0 saturated carbocycles. The first-order valence-corrected chi connectivity index (χ1v) is 11.0. The van der Waals surface area contributed by atoms with Crippen LogP contribution in [0.5, 0.6) is 5.75 Å². The Bertz CT molecular complexity index is 850. The fourth-order valence-electron chi connectivity index (χ4n) is 2.32. The molecular formula is C17H20ClNO5S2. The van der Waals surface area contributed by atoms with Crippen LogP contribution >= 0.6 is 22.9 Å². The van der Waals surface area contributed by atoms with Crippen molar-refractivity contribution in [3.05, 3.63) is 51.2 Å². The maximum atomic E-state index is 11.9. The maximum Gasteiger partial charge on any atom is 0.345 e. The Kier molecular flexibility index (Phi) is 7.45. The van der Waals surface area contributed by atoms with E-state index in [0.29, 0.717) is 30.2 Å². The van der Waals surface area contributed by atoms with Gasteiger partial charge in [-0.25, -0.2) is 13.2 Å². The van der Waals surface area contributed by atoms with Crippen LogP contribution in [-0.4, -0.2) is 49.8 Å². The normalized spacial score (nSPS) is 11.7. The third-order valence-electron chi connectivity index (χ3n) is 3.58. The summed E-state index contributed by atoms with van der Waals surface area (Å²) in [5, 5.41) is 9.48. The summed E-state index contributed by atoms with van der Waals surface area (Å²) < 4.78 is 30.8. The summed E-state index contributed by atoms with van der Waals surface area (Å²) in [6.07, 6.45) is 2.39. The van der Waals surface area contributed by atoms with Gasteiger partial charge in [0.15, 0.2) is 0 Å². The Morgan fingerprint density at radius 2 is 2.04 bits per heavy atom. The summed E-state index contributed by atoms with van der Waals surface area (Å²) in [7, 11) is -3.35. The van der Waals surface area contributed by atoms with Gasteiger partial charge in [0.05, 0.1) is 6.26 Å². The third-order valence-corrected chi connectivity index (χ3v) is 6.25. The summed E-state index contributed by atoms with van der Waals surface area (Å²) in [5.74, 6) is -0.358. The van der Waals surface area contributed by atoms with Crippen molar-refractivity contribution in [2.24, 2.45) is 0 Å². The molecule has 0 fully saturated rings. The molecule has 1 aromatic heterocycles. The Balaban J connectivity index is 1.84. The number of carboxylic acid groups (broad SMARTS) is 1. The molecule has 2 aromatic rings. The van der Waals surface area contributed by atoms with E-state index >= 15 is 0 Å². The number of thiophene rings is 1. The number of ether oxygens (including phenoxy) is 1. The van der Waals surface area contributed by atoms with Gasteiger partial charge in [-0.3, -0.25) is 0 Å². The molecule has 0 amide bonds. The number of benzene rings is 1. The summed E-state index contributed by atoms with van der Waals surface area (Å²) >= 11 is 7.10. The minimum Gasteiger partial charge on any atom is -0.492 e. The molecule has 0 saturated heterocycles. The van der Waals surface area contributed by atoms with Gasteiger partial charge in [-0.1, -0.05) is 17.7 Å². The number of rotatable bonds is 10. The molecule has 0 aliphatic heterocycles. The van der Waals surface area contributed by atoms with Gasteiger partial charge in [-0.05, 0) is 43.2 Å². The molecule has 1 heterocycles. The van der Waals surface area contributed by atoms with Gasteiger partial charge >= 0.3 is 5.97 Å². The minimum atomic E-state index is -3.35. The van der Waals surface area contributed by atoms with Crippen LogP contribution in [-0.2, 0) is 16.4 Å². The van der Waals surface area contributed by atoms with Gasteiger partial charge in [0, 0.05) is 23.0 Å². The molecule has 0 radical (unpaired) electrons. The number of carboxylic acids is 1. The average Bonchev–Trinajstić information content (AvgIpc) is 3.02. The molecule has 0 aliphatic rings. The van der Waals surface area contributed by atoms with Crippen LogP contribution in [0.3, 0.4) is 0 Å². The van der Waals surface area contributed by atoms with E-state index in [-0.39, 0.29) is 18.0 Å². The smallest absolute Gasteiger partial charge is 0.345 e. The van der Waals surface area contributed by atoms with Crippen LogP contribution in [0.15, 0.2) is 36.4 Å². The number of carbonyl (C=O) groups is 1. The Morgan fingerprint density at radius 3 is 2.65 bits per heavy atom. The van der Waals surface area contributed by atoms with Crippen molar-refractivity contribution in [2.45, 2.75) is 12.8 Å². The predicted octanol–water partition coefficient (Wildman–Crippen LogP) is 3.37. The molecule has 0 bridgehead atoms. The highest BCUT2D eigenvalue weighted by molar-refractivity contribution is 7.88. The van der Waals surface area contributed by atoms with Gasteiger partial charge in [0.1, 0.15) is 17.2 Å². The van der Waals surface area contributed by atoms with Crippen molar-refractivity contribution in [1.29, 1.82) is 0 Å². The van der Waals surface area contributed by atoms with E-state index in [1.165, 1.54) is 21.9 Å². The number of halogens is 1. The number of hydrogen-bond acceptors (Lipinski definition) is 5. The van der Waals surface area contributed by atoms with Crippen molar-refractivity contribution >= 4 is 38.9 Å². The molecule has 2 rings (SSSR count). The number of sulfonamides is 1.